The first kappa shape index (κ1) is 20.0. The van der Waals surface area contributed by atoms with Gasteiger partial charge >= 0.3 is 0 Å². The smallest absolute Gasteiger partial charge is 0.230 e. The minimum absolute atomic E-state index is 0. The highest BCUT2D eigenvalue weighted by Crippen LogP contribution is 2.23. The fourth-order valence-electron chi connectivity index (χ4n) is 2.05. The van der Waals surface area contributed by atoms with Gasteiger partial charge in [-0.3, -0.25) is 4.79 Å². The van der Waals surface area contributed by atoms with Crippen molar-refractivity contribution in [3.63, 3.8) is 0 Å². The molecule has 20 heavy (non-hydrogen) atoms. The topological polar surface area (TPSA) is 89.3 Å². The molecule has 1 rings (SSSR count). The van der Waals surface area contributed by atoms with Crippen molar-refractivity contribution in [1.29, 1.82) is 0 Å². The third-order valence-corrected chi connectivity index (χ3v) is 6.48. The van der Waals surface area contributed by atoms with Crippen LogP contribution in [0.2, 0.25) is 0 Å². The maximum Gasteiger partial charge on any atom is 0.230 e. The molecule has 1 saturated heterocycles. The average Bonchev–Trinajstić information content (AvgIpc) is 2.71. The summed E-state index contributed by atoms with van der Waals surface area (Å²) in [5.41, 5.74) is 5.61. The Hall–Kier alpha value is 0.0200. The summed E-state index contributed by atoms with van der Waals surface area (Å²) in [5, 5.41) is 2.98. The van der Waals surface area contributed by atoms with Gasteiger partial charge in [-0.15, -0.1) is 24.2 Å². The Bertz CT molecular complexity index is 390. The first-order chi connectivity index (χ1) is 8.96. The van der Waals surface area contributed by atoms with Crippen LogP contribution in [0.1, 0.15) is 32.6 Å². The van der Waals surface area contributed by atoms with Gasteiger partial charge in [0.25, 0.3) is 0 Å². The highest BCUT2D eigenvalue weighted by Gasteiger charge is 2.28. The second kappa shape index (κ2) is 9.87. The SMILES string of the molecule is CCCCC(CN)NC(=O)CSC1CCS(=O)(=O)C1.Cl. The van der Waals surface area contributed by atoms with Crippen LogP contribution < -0.4 is 11.1 Å². The van der Waals surface area contributed by atoms with Gasteiger partial charge in [0.05, 0.1) is 17.3 Å². The summed E-state index contributed by atoms with van der Waals surface area (Å²) in [6.07, 6.45) is 3.70. The molecule has 0 aromatic heterocycles. The van der Waals surface area contributed by atoms with E-state index in [-0.39, 0.29) is 41.1 Å². The first-order valence-electron chi connectivity index (χ1n) is 6.78. The van der Waals surface area contributed by atoms with Crippen molar-refractivity contribution < 1.29 is 13.2 Å². The summed E-state index contributed by atoms with van der Waals surface area (Å²) in [4.78, 5) is 11.8. The number of hydrogen-bond donors (Lipinski definition) is 2. The van der Waals surface area contributed by atoms with E-state index in [1.807, 2.05) is 0 Å². The number of amides is 1. The van der Waals surface area contributed by atoms with Gasteiger partial charge in [-0.25, -0.2) is 8.42 Å². The van der Waals surface area contributed by atoms with Gasteiger partial charge in [-0.2, -0.15) is 0 Å². The molecular weight excluding hydrogens is 320 g/mol. The van der Waals surface area contributed by atoms with Gasteiger partial charge < -0.3 is 11.1 Å². The van der Waals surface area contributed by atoms with Crippen molar-refractivity contribution in [3.05, 3.63) is 0 Å². The lowest BCUT2D eigenvalue weighted by Gasteiger charge is -2.17. The quantitative estimate of drug-likeness (QED) is 0.684. The number of thioether (sulfide) groups is 1. The molecule has 1 aliphatic rings. The van der Waals surface area contributed by atoms with E-state index in [2.05, 4.69) is 12.2 Å². The summed E-state index contributed by atoms with van der Waals surface area (Å²) in [6, 6.07) is 0.0420. The van der Waals surface area contributed by atoms with Crippen LogP contribution in [0.5, 0.6) is 0 Å². The highest BCUT2D eigenvalue weighted by atomic mass is 35.5. The van der Waals surface area contributed by atoms with Gasteiger partial charge in [-0.1, -0.05) is 19.8 Å². The number of carbonyl (C=O) groups excluding carboxylic acids is 1. The van der Waals surface area contributed by atoms with E-state index in [0.29, 0.717) is 18.7 Å². The number of sulfone groups is 1. The van der Waals surface area contributed by atoms with E-state index < -0.39 is 9.84 Å². The maximum atomic E-state index is 11.8. The number of nitrogens with two attached hydrogens (primary N) is 1. The molecule has 1 fully saturated rings. The summed E-state index contributed by atoms with van der Waals surface area (Å²) >= 11 is 1.44. The Morgan fingerprint density at radius 2 is 2.20 bits per heavy atom. The molecule has 0 aromatic carbocycles. The van der Waals surface area contributed by atoms with E-state index >= 15 is 0 Å². The Morgan fingerprint density at radius 1 is 1.50 bits per heavy atom. The normalized spacial score (nSPS) is 22.0. The predicted octanol–water partition coefficient (Wildman–Crippen LogP) is 0.962. The molecule has 120 valence electrons. The molecule has 2 unspecified atom stereocenters. The second-order valence-electron chi connectivity index (χ2n) is 4.98. The monoisotopic (exact) mass is 344 g/mol. The Kier molecular flexibility index (Phi) is 9.88. The van der Waals surface area contributed by atoms with Crippen molar-refractivity contribution in [2.24, 2.45) is 5.73 Å². The molecule has 1 aliphatic heterocycles. The molecule has 2 atom stereocenters. The molecule has 0 aromatic rings. The van der Waals surface area contributed by atoms with Crippen LogP contribution >= 0.6 is 24.2 Å². The molecule has 8 heteroatoms. The number of rotatable bonds is 8. The third-order valence-electron chi connectivity index (χ3n) is 3.20. The van der Waals surface area contributed by atoms with Crippen molar-refractivity contribution >= 4 is 39.9 Å². The van der Waals surface area contributed by atoms with Crippen molar-refractivity contribution in [2.75, 3.05) is 23.8 Å². The van der Waals surface area contributed by atoms with Gasteiger partial charge in [0.15, 0.2) is 9.84 Å². The molecule has 0 aliphatic carbocycles. The molecule has 0 saturated carbocycles. The minimum Gasteiger partial charge on any atom is -0.351 e. The summed E-state index contributed by atoms with van der Waals surface area (Å²) in [5.74, 6) is 0.749. The van der Waals surface area contributed by atoms with Gasteiger partial charge in [0, 0.05) is 17.8 Å². The molecule has 5 nitrogen and oxygen atoms in total. The van der Waals surface area contributed by atoms with Crippen molar-refractivity contribution in [3.8, 4) is 0 Å². The van der Waals surface area contributed by atoms with E-state index in [9.17, 15) is 13.2 Å². The third kappa shape index (κ3) is 7.71. The number of halogens is 1. The number of unbranched alkanes of at least 4 members (excludes halogenated alkanes) is 1. The Morgan fingerprint density at radius 3 is 2.70 bits per heavy atom. The summed E-state index contributed by atoms with van der Waals surface area (Å²) in [7, 11) is -2.86. The van der Waals surface area contributed by atoms with E-state index in [1.54, 1.807) is 0 Å². The molecule has 0 spiro atoms. The lowest BCUT2D eigenvalue weighted by Crippen LogP contribution is -2.41. The number of nitrogens with one attached hydrogen (secondary N) is 1. The highest BCUT2D eigenvalue weighted by molar-refractivity contribution is 8.02. The zero-order valence-electron chi connectivity index (χ0n) is 11.8. The van der Waals surface area contributed by atoms with E-state index in [4.69, 9.17) is 5.73 Å². The van der Waals surface area contributed by atoms with E-state index in [1.165, 1.54) is 11.8 Å². The van der Waals surface area contributed by atoms with Crippen molar-refractivity contribution in [2.45, 2.75) is 43.9 Å². The number of hydrogen-bond acceptors (Lipinski definition) is 5. The molecule has 0 radical (unpaired) electrons. The van der Waals surface area contributed by atoms with E-state index in [0.717, 1.165) is 19.3 Å². The largest absolute Gasteiger partial charge is 0.351 e. The lowest BCUT2D eigenvalue weighted by atomic mass is 10.1. The Labute approximate surface area is 132 Å². The summed E-state index contributed by atoms with van der Waals surface area (Å²) in [6.45, 7) is 2.56. The van der Waals surface area contributed by atoms with Crippen LogP contribution in [0.4, 0.5) is 0 Å². The standard InChI is InChI=1S/C12H24N2O3S2.ClH/c1-2-3-4-10(7-13)14-12(15)8-18-11-5-6-19(16,17)9-11;/h10-11H,2-9,13H2,1H3,(H,14,15);1H. The van der Waals surface area contributed by atoms with Crippen LogP contribution in [-0.2, 0) is 14.6 Å². The van der Waals surface area contributed by atoms with Crippen LogP contribution in [0.3, 0.4) is 0 Å². The average molecular weight is 345 g/mol. The summed E-state index contributed by atoms with van der Waals surface area (Å²) < 4.78 is 22.6. The maximum absolute atomic E-state index is 11.8. The van der Waals surface area contributed by atoms with Crippen LogP contribution in [-0.4, -0.2) is 49.4 Å². The predicted molar refractivity (Wildman–Crippen MR) is 87.3 cm³/mol. The molecule has 0 bridgehead atoms. The zero-order chi connectivity index (χ0) is 14.3. The van der Waals surface area contributed by atoms with Gasteiger partial charge in [0.2, 0.25) is 5.91 Å². The second-order valence-corrected chi connectivity index (χ2v) is 8.50. The fraction of sp³-hybridized carbons (Fsp3) is 0.917. The van der Waals surface area contributed by atoms with Crippen LogP contribution in [0.15, 0.2) is 0 Å². The molecule has 3 N–H and O–H groups in total. The minimum atomic E-state index is -2.86. The molecular formula is C12H25ClN2O3S2. The van der Waals surface area contributed by atoms with Gasteiger partial charge in [0.1, 0.15) is 0 Å². The molecule has 1 amide bonds. The number of carbonyl (C=O) groups is 1. The molecule has 1 heterocycles. The zero-order valence-corrected chi connectivity index (χ0v) is 14.3. The Balaban J connectivity index is 0.00000361. The lowest BCUT2D eigenvalue weighted by molar-refractivity contribution is -0.119. The van der Waals surface area contributed by atoms with Crippen LogP contribution in [0, 0.1) is 0 Å². The first-order valence-corrected chi connectivity index (χ1v) is 9.65. The fourth-order valence-corrected chi connectivity index (χ4v) is 5.51. The van der Waals surface area contributed by atoms with Gasteiger partial charge in [-0.05, 0) is 12.8 Å². The van der Waals surface area contributed by atoms with Crippen molar-refractivity contribution in [1.82, 2.24) is 5.32 Å². The van der Waals surface area contributed by atoms with Crippen LogP contribution in [0.25, 0.3) is 0 Å².